The Labute approximate surface area is 161 Å². The van der Waals surface area contributed by atoms with E-state index in [1.54, 1.807) is 0 Å². The van der Waals surface area contributed by atoms with Crippen LogP contribution in [-0.2, 0) is 0 Å². The molecule has 0 aromatic heterocycles. The molecule has 0 radical (unpaired) electrons. The average Bonchev–Trinajstić information content (AvgIpc) is 2.42. The largest absolute Gasteiger partial charge is 0.397 e. The van der Waals surface area contributed by atoms with Gasteiger partial charge in [0.1, 0.15) is 0 Å². The van der Waals surface area contributed by atoms with Crippen molar-refractivity contribution >= 4 is 85.3 Å². The molecule has 7 N–H and O–H groups in total. The van der Waals surface area contributed by atoms with Crippen LogP contribution in [0, 0.1) is 10.7 Å². The molecule has 10 heteroatoms. The summed E-state index contributed by atoms with van der Waals surface area (Å²) in [6.45, 7) is -0.574. The van der Waals surface area contributed by atoms with Crippen LogP contribution in [0.5, 0.6) is 0 Å². The second kappa shape index (κ2) is 8.07. The number of benzene rings is 1. The molecule has 0 aliphatic carbocycles. The van der Waals surface area contributed by atoms with E-state index in [0.29, 0.717) is 16.4 Å². The van der Waals surface area contributed by atoms with E-state index in [2.05, 4.69) is 5.32 Å². The number of rotatable bonds is 5. The molecule has 0 aliphatic heterocycles. The minimum atomic E-state index is -1.05. The fraction of sp³-hybridized carbons (Fsp3) is 0.273. The van der Waals surface area contributed by atoms with Gasteiger partial charge in [-0.2, -0.15) is 0 Å². The van der Waals surface area contributed by atoms with Gasteiger partial charge < -0.3 is 27.0 Å². The van der Waals surface area contributed by atoms with Crippen molar-refractivity contribution in [2.45, 2.75) is 6.10 Å². The molecule has 0 spiro atoms. The van der Waals surface area contributed by atoms with Gasteiger partial charge >= 0.3 is 0 Å². The second-order valence-electron chi connectivity index (χ2n) is 4.02. The SMILES string of the molecule is NC(=O)c1c(I)c(N)c(I)c(C(=O)NCC(O)CO)c1I. The molecule has 1 rings (SSSR count). The topological polar surface area (TPSA) is 139 Å². The number of anilines is 1. The van der Waals surface area contributed by atoms with Crippen LogP contribution in [0.15, 0.2) is 0 Å². The Morgan fingerprint density at radius 2 is 1.67 bits per heavy atom. The zero-order valence-corrected chi connectivity index (χ0v) is 17.0. The van der Waals surface area contributed by atoms with Gasteiger partial charge in [0.25, 0.3) is 11.8 Å². The van der Waals surface area contributed by atoms with Crippen molar-refractivity contribution in [3.05, 3.63) is 21.8 Å². The third-order valence-electron chi connectivity index (χ3n) is 2.53. The molecular weight excluding hydrogens is 619 g/mol. The first kappa shape index (κ1) is 19.1. The smallest absolute Gasteiger partial charge is 0.253 e. The number of carbonyl (C=O) groups excluding carboxylic acids is 2. The highest BCUT2D eigenvalue weighted by molar-refractivity contribution is 14.1. The number of nitrogen functional groups attached to an aromatic ring is 1. The van der Waals surface area contributed by atoms with Gasteiger partial charge in [0.2, 0.25) is 0 Å². The van der Waals surface area contributed by atoms with Crippen LogP contribution in [0.2, 0.25) is 0 Å². The predicted molar refractivity (Wildman–Crippen MR) is 103 cm³/mol. The maximum atomic E-state index is 12.2. The molecule has 0 fully saturated rings. The molecule has 7 nitrogen and oxygen atoms in total. The zero-order valence-electron chi connectivity index (χ0n) is 10.5. The first-order chi connectivity index (χ1) is 9.72. The van der Waals surface area contributed by atoms with Crippen molar-refractivity contribution in [2.24, 2.45) is 5.73 Å². The first-order valence-electron chi connectivity index (χ1n) is 5.55. The number of halogens is 3. The van der Waals surface area contributed by atoms with Gasteiger partial charge in [-0.25, -0.2) is 0 Å². The quantitative estimate of drug-likeness (QED) is 0.235. The van der Waals surface area contributed by atoms with Crippen LogP contribution in [0.4, 0.5) is 5.69 Å². The Balaban J connectivity index is 3.30. The number of nitrogens with one attached hydrogen (secondary N) is 1. The Kier molecular flexibility index (Phi) is 7.35. The highest BCUT2D eigenvalue weighted by atomic mass is 127. The fourth-order valence-corrected chi connectivity index (χ4v) is 5.65. The number of aliphatic hydroxyl groups is 2. The maximum Gasteiger partial charge on any atom is 0.253 e. The lowest BCUT2D eigenvalue weighted by molar-refractivity contribution is 0.0801. The van der Waals surface area contributed by atoms with Crippen LogP contribution in [0.3, 0.4) is 0 Å². The third-order valence-corrected chi connectivity index (χ3v) is 5.85. The van der Waals surface area contributed by atoms with Crippen LogP contribution in [0.1, 0.15) is 20.7 Å². The van der Waals surface area contributed by atoms with Crippen molar-refractivity contribution in [3.8, 4) is 0 Å². The van der Waals surface area contributed by atoms with E-state index in [4.69, 9.17) is 16.6 Å². The Hall–Kier alpha value is 0.0700. The van der Waals surface area contributed by atoms with E-state index in [-0.39, 0.29) is 17.7 Å². The van der Waals surface area contributed by atoms with Gasteiger partial charge in [-0.15, -0.1) is 0 Å². The normalized spacial score (nSPS) is 12.0. The highest BCUT2D eigenvalue weighted by Crippen LogP contribution is 2.33. The van der Waals surface area contributed by atoms with Gasteiger partial charge in [0, 0.05) is 10.1 Å². The second-order valence-corrected chi connectivity index (χ2v) is 7.25. The Morgan fingerprint density at radius 3 is 2.14 bits per heavy atom. The lowest BCUT2D eigenvalue weighted by Gasteiger charge is -2.16. The fourth-order valence-electron chi connectivity index (χ4n) is 1.46. The van der Waals surface area contributed by atoms with E-state index >= 15 is 0 Å². The molecular formula is C11H12I3N3O4. The van der Waals surface area contributed by atoms with Crippen LogP contribution >= 0.6 is 67.8 Å². The van der Waals surface area contributed by atoms with Gasteiger partial charge in [-0.05, 0) is 67.8 Å². The molecule has 0 saturated carbocycles. The number of primary amides is 1. The lowest BCUT2D eigenvalue weighted by atomic mass is 10.1. The summed E-state index contributed by atoms with van der Waals surface area (Å²) in [5.41, 5.74) is 12.0. The van der Waals surface area contributed by atoms with Crippen molar-refractivity contribution in [2.75, 3.05) is 18.9 Å². The Bertz CT molecular complexity index is 595. The van der Waals surface area contributed by atoms with Crippen LogP contribution in [0.25, 0.3) is 0 Å². The summed E-state index contributed by atoms with van der Waals surface area (Å²) >= 11 is 5.69. The summed E-state index contributed by atoms with van der Waals surface area (Å²) in [4.78, 5) is 23.8. The number of hydrogen-bond donors (Lipinski definition) is 5. The molecule has 1 unspecified atom stereocenters. The summed E-state index contributed by atoms with van der Waals surface area (Å²) in [7, 11) is 0. The van der Waals surface area contributed by atoms with E-state index in [1.165, 1.54) is 0 Å². The monoisotopic (exact) mass is 631 g/mol. The first-order valence-corrected chi connectivity index (χ1v) is 8.78. The van der Waals surface area contributed by atoms with E-state index in [1.807, 2.05) is 67.8 Å². The number of aliphatic hydroxyl groups excluding tert-OH is 2. The summed E-state index contributed by atoms with van der Waals surface area (Å²) in [5.74, 6) is -1.17. The number of amides is 2. The van der Waals surface area contributed by atoms with Gasteiger partial charge in [0.15, 0.2) is 0 Å². The van der Waals surface area contributed by atoms with Gasteiger partial charge in [-0.1, -0.05) is 0 Å². The minimum Gasteiger partial charge on any atom is -0.397 e. The summed E-state index contributed by atoms with van der Waals surface area (Å²) in [6, 6.07) is 0. The molecule has 1 atom stereocenters. The Morgan fingerprint density at radius 1 is 1.14 bits per heavy atom. The van der Waals surface area contributed by atoms with Crippen molar-refractivity contribution in [1.82, 2.24) is 5.32 Å². The number of hydrogen-bond acceptors (Lipinski definition) is 5. The molecule has 116 valence electrons. The summed E-state index contributed by atoms with van der Waals surface area (Å²) < 4.78 is 1.40. The van der Waals surface area contributed by atoms with Crippen molar-refractivity contribution in [1.29, 1.82) is 0 Å². The van der Waals surface area contributed by atoms with Crippen LogP contribution in [-0.4, -0.2) is 41.3 Å². The highest BCUT2D eigenvalue weighted by Gasteiger charge is 2.25. The number of carbonyl (C=O) groups is 2. The van der Waals surface area contributed by atoms with Crippen LogP contribution < -0.4 is 16.8 Å². The van der Waals surface area contributed by atoms with E-state index < -0.39 is 24.5 Å². The molecule has 2 amide bonds. The minimum absolute atomic E-state index is 0.112. The number of nitrogens with two attached hydrogens (primary N) is 2. The zero-order chi connectivity index (χ0) is 16.3. The molecule has 0 aliphatic rings. The third kappa shape index (κ3) is 4.29. The van der Waals surface area contributed by atoms with Crippen molar-refractivity contribution < 1.29 is 19.8 Å². The average molecular weight is 631 g/mol. The van der Waals surface area contributed by atoms with E-state index in [9.17, 15) is 14.7 Å². The predicted octanol–water partition coefficient (Wildman–Crippen LogP) is 0.265. The molecule has 1 aromatic rings. The molecule has 21 heavy (non-hydrogen) atoms. The maximum absolute atomic E-state index is 12.2. The van der Waals surface area contributed by atoms with Gasteiger partial charge in [-0.3, -0.25) is 9.59 Å². The molecule has 0 bridgehead atoms. The molecule has 0 heterocycles. The summed E-state index contributed by atoms with van der Waals surface area (Å²) in [6.07, 6.45) is -1.05. The van der Waals surface area contributed by atoms with E-state index in [0.717, 1.165) is 0 Å². The molecule has 0 saturated heterocycles. The van der Waals surface area contributed by atoms with Gasteiger partial charge in [0.05, 0.1) is 36.7 Å². The van der Waals surface area contributed by atoms with Crippen molar-refractivity contribution in [3.63, 3.8) is 0 Å². The lowest BCUT2D eigenvalue weighted by Crippen LogP contribution is -2.35. The standard InChI is InChI=1S/C11H12I3N3O4/c12-6-4(10(16)20)7(13)9(15)8(14)5(6)11(21)17-1-3(19)2-18/h3,18-19H,1-2,15H2,(H2,16,20)(H,17,21). The summed E-state index contributed by atoms with van der Waals surface area (Å²) in [5, 5.41) is 20.5. The molecule has 1 aromatic carbocycles.